The number of nitrogens with zero attached hydrogens (tertiary/aromatic N) is 1. The molecule has 1 aliphatic heterocycles. The van der Waals surface area contributed by atoms with E-state index in [-0.39, 0.29) is 11.7 Å². The van der Waals surface area contributed by atoms with Crippen molar-refractivity contribution in [2.75, 3.05) is 6.54 Å². The molecule has 1 saturated heterocycles. The maximum Gasteiger partial charge on any atom is 0.244 e. The number of hydrogen-bond acceptors (Lipinski definition) is 2. The molecular weight excluding hydrogens is 212 g/mol. The molecule has 3 heteroatoms. The fourth-order valence-corrected chi connectivity index (χ4v) is 3.79. The zero-order chi connectivity index (χ0) is 12.1. The molecule has 3 rings (SSSR count). The van der Waals surface area contributed by atoms with Crippen LogP contribution in [0.4, 0.5) is 0 Å². The number of carbonyl (C=O) groups excluding carboxylic acids is 1. The molecule has 0 aromatic rings. The van der Waals surface area contributed by atoms with E-state index in [0.29, 0.717) is 11.3 Å². The Kier molecular flexibility index (Phi) is 2.51. The van der Waals surface area contributed by atoms with Crippen molar-refractivity contribution in [1.29, 1.82) is 0 Å². The Morgan fingerprint density at radius 2 is 1.94 bits per heavy atom. The third-order valence-electron chi connectivity index (χ3n) is 5.29. The topological polar surface area (TPSA) is 32.3 Å². The van der Waals surface area contributed by atoms with Crippen molar-refractivity contribution in [3.8, 4) is 0 Å². The molecule has 96 valence electrons. The van der Waals surface area contributed by atoms with Gasteiger partial charge in [-0.05, 0) is 44.4 Å². The van der Waals surface area contributed by atoms with Crippen LogP contribution in [0.15, 0.2) is 0 Å². The first kappa shape index (κ1) is 11.5. The summed E-state index contributed by atoms with van der Waals surface area (Å²) in [5.41, 5.74) is 0.291. The third-order valence-corrected chi connectivity index (χ3v) is 5.29. The van der Waals surface area contributed by atoms with Gasteiger partial charge >= 0.3 is 0 Å². The monoisotopic (exact) mass is 236 g/mol. The minimum Gasteiger partial charge on any atom is -0.325 e. The van der Waals surface area contributed by atoms with Gasteiger partial charge in [-0.2, -0.15) is 0 Å². The standard InChI is InChI=1S/C14H24N2O/c1-3-13(6-4-5-7-13)10-16-11(2)15-14(8-9-14)12(16)17/h11,15H,3-10H2,1-2H3. The summed E-state index contributed by atoms with van der Waals surface area (Å²) in [6.07, 6.45) is 8.88. The minimum absolute atomic E-state index is 0.132. The Labute approximate surface area is 104 Å². The molecule has 2 aliphatic carbocycles. The lowest BCUT2D eigenvalue weighted by molar-refractivity contribution is -0.132. The first-order valence-corrected chi connectivity index (χ1v) is 7.20. The van der Waals surface area contributed by atoms with Crippen molar-refractivity contribution in [3.05, 3.63) is 0 Å². The molecular formula is C14H24N2O. The summed E-state index contributed by atoms with van der Waals surface area (Å²) in [7, 11) is 0. The molecule has 3 aliphatic rings. The van der Waals surface area contributed by atoms with E-state index in [0.717, 1.165) is 19.4 Å². The first-order chi connectivity index (χ1) is 8.11. The van der Waals surface area contributed by atoms with E-state index < -0.39 is 0 Å². The molecule has 17 heavy (non-hydrogen) atoms. The van der Waals surface area contributed by atoms with Crippen LogP contribution in [0.2, 0.25) is 0 Å². The van der Waals surface area contributed by atoms with Crippen LogP contribution >= 0.6 is 0 Å². The van der Waals surface area contributed by atoms with Gasteiger partial charge < -0.3 is 4.90 Å². The lowest BCUT2D eigenvalue weighted by Crippen LogP contribution is -2.42. The summed E-state index contributed by atoms with van der Waals surface area (Å²) < 4.78 is 0. The van der Waals surface area contributed by atoms with Gasteiger partial charge in [0.1, 0.15) is 0 Å². The highest BCUT2D eigenvalue weighted by molar-refractivity contribution is 5.91. The largest absolute Gasteiger partial charge is 0.325 e. The molecule has 1 unspecified atom stereocenters. The van der Waals surface area contributed by atoms with Gasteiger partial charge in [0.05, 0.1) is 11.7 Å². The van der Waals surface area contributed by atoms with Crippen LogP contribution in [0.25, 0.3) is 0 Å². The van der Waals surface area contributed by atoms with Gasteiger partial charge in [-0.25, -0.2) is 0 Å². The van der Waals surface area contributed by atoms with Crippen molar-refractivity contribution < 1.29 is 4.79 Å². The van der Waals surface area contributed by atoms with Crippen LogP contribution in [-0.2, 0) is 4.79 Å². The predicted octanol–water partition coefficient (Wildman–Crippen LogP) is 2.27. The first-order valence-electron chi connectivity index (χ1n) is 7.20. The molecule has 1 atom stereocenters. The SMILES string of the molecule is CCC1(CN2C(=O)C3(CC3)NC2C)CCCC1. The van der Waals surface area contributed by atoms with E-state index in [9.17, 15) is 4.79 Å². The molecule has 0 bridgehead atoms. The molecule has 1 N–H and O–H groups in total. The van der Waals surface area contributed by atoms with Crippen molar-refractivity contribution in [1.82, 2.24) is 10.2 Å². The third kappa shape index (κ3) is 1.70. The maximum absolute atomic E-state index is 12.4. The summed E-state index contributed by atoms with van der Waals surface area (Å²) in [5, 5.41) is 3.50. The second-order valence-corrected chi connectivity index (χ2v) is 6.40. The number of nitrogens with one attached hydrogen (secondary N) is 1. The lowest BCUT2D eigenvalue weighted by Gasteiger charge is -2.34. The predicted molar refractivity (Wildman–Crippen MR) is 67.5 cm³/mol. The Morgan fingerprint density at radius 3 is 2.41 bits per heavy atom. The minimum atomic E-state index is -0.132. The fourth-order valence-electron chi connectivity index (χ4n) is 3.79. The molecule has 0 aromatic heterocycles. The van der Waals surface area contributed by atoms with Crippen LogP contribution in [0.1, 0.15) is 58.8 Å². The van der Waals surface area contributed by atoms with E-state index >= 15 is 0 Å². The van der Waals surface area contributed by atoms with E-state index in [1.807, 2.05) is 0 Å². The van der Waals surface area contributed by atoms with Crippen molar-refractivity contribution in [2.24, 2.45) is 5.41 Å². The molecule has 1 amide bonds. The Bertz CT molecular complexity index is 329. The molecule has 3 fully saturated rings. The number of carbonyl (C=O) groups is 1. The highest BCUT2D eigenvalue weighted by Crippen LogP contribution is 2.46. The van der Waals surface area contributed by atoms with Gasteiger partial charge in [-0.1, -0.05) is 19.8 Å². The van der Waals surface area contributed by atoms with E-state index in [4.69, 9.17) is 0 Å². The summed E-state index contributed by atoms with van der Waals surface area (Å²) in [6, 6.07) is 0. The summed E-state index contributed by atoms with van der Waals surface area (Å²) in [4.78, 5) is 14.5. The number of amides is 1. The van der Waals surface area contributed by atoms with Gasteiger partial charge in [0.25, 0.3) is 0 Å². The van der Waals surface area contributed by atoms with Crippen LogP contribution in [0.5, 0.6) is 0 Å². The number of hydrogen-bond donors (Lipinski definition) is 1. The second-order valence-electron chi connectivity index (χ2n) is 6.40. The smallest absolute Gasteiger partial charge is 0.244 e. The van der Waals surface area contributed by atoms with Gasteiger partial charge in [-0.15, -0.1) is 0 Å². The average molecular weight is 236 g/mol. The van der Waals surface area contributed by atoms with Crippen LogP contribution in [0.3, 0.4) is 0 Å². The Hall–Kier alpha value is -0.570. The van der Waals surface area contributed by atoms with Gasteiger partial charge in [0.2, 0.25) is 5.91 Å². The van der Waals surface area contributed by atoms with Crippen molar-refractivity contribution in [3.63, 3.8) is 0 Å². The molecule has 0 aromatic carbocycles. The van der Waals surface area contributed by atoms with Gasteiger partial charge in [0.15, 0.2) is 0 Å². The van der Waals surface area contributed by atoms with Gasteiger partial charge in [-0.3, -0.25) is 10.1 Å². The molecule has 3 nitrogen and oxygen atoms in total. The Balaban J connectivity index is 1.74. The quantitative estimate of drug-likeness (QED) is 0.815. The average Bonchev–Trinajstić information content (AvgIpc) is 2.88. The molecule has 2 saturated carbocycles. The summed E-state index contributed by atoms with van der Waals surface area (Å²) >= 11 is 0. The summed E-state index contributed by atoms with van der Waals surface area (Å²) in [6.45, 7) is 5.42. The van der Waals surface area contributed by atoms with Crippen molar-refractivity contribution >= 4 is 5.91 Å². The van der Waals surface area contributed by atoms with E-state index in [1.165, 1.54) is 32.1 Å². The van der Waals surface area contributed by atoms with E-state index in [1.54, 1.807) is 0 Å². The second kappa shape index (κ2) is 3.71. The molecule has 1 heterocycles. The highest BCUT2D eigenvalue weighted by Gasteiger charge is 2.58. The zero-order valence-corrected chi connectivity index (χ0v) is 11.1. The van der Waals surface area contributed by atoms with Crippen LogP contribution in [-0.4, -0.2) is 29.1 Å². The maximum atomic E-state index is 12.4. The molecule has 0 radical (unpaired) electrons. The fraction of sp³-hybridized carbons (Fsp3) is 0.929. The highest BCUT2D eigenvalue weighted by atomic mass is 16.2. The van der Waals surface area contributed by atoms with Gasteiger partial charge in [0, 0.05) is 6.54 Å². The van der Waals surface area contributed by atoms with E-state index in [2.05, 4.69) is 24.1 Å². The molecule has 1 spiro atoms. The zero-order valence-electron chi connectivity index (χ0n) is 11.1. The number of rotatable bonds is 3. The van der Waals surface area contributed by atoms with Crippen LogP contribution < -0.4 is 5.32 Å². The summed E-state index contributed by atoms with van der Waals surface area (Å²) in [5.74, 6) is 0.379. The lowest BCUT2D eigenvalue weighted by atomic mass is 9.82. The Morgan fingerprint density at radius 1 is 1.29 bits per heavy atom. The van der Waals surface area contributed by atoms with Crippen LogP contribution in [0, 0.1) is 5.41 Å². The normalized spacial score (nSPS) is 33.6. The van der Waals surface area contributed by atoms with Crippen molar-refractivity contribution in [2.45, 2.75) is 70.5 Å².